The number of amides is 1. The van der Waals surface area contributed by atoms with Gasteiger partial charge in [-0.2, -0.15) is 0 Å². The molecule has 1 aliphatic rings. The number of hydrogen-bond acceptors (Lipinski definition) is 11. The van der Waals surface area contributed by atoms with E-state index in [1.807, 2.05) is 0 Å². The molecule has 1 saturated heterocycles. The molecular formula is C15H20N4O10. The van der Waals surface area contributed by atoms with E-state index >= 15 is 0 Å². The first-order valence-corrected chi connectivity index (χ1v) is 8.13. The van der Waals surface area contributed by atoms with Crippen molar-refractivity contribution in [2.75, 3.05) is 6.61 Å². The van der Waals surface area contributed by atoms with E-state index < -0.39 is 66.5 Å². The van der Waals surface area contributed by atoms with E-state index in [9.17, 15) is 24.0 Å². The van der Waals surface area contributed by atoms with Gasteiger partial charge in [0.25, 0.3) is 11.6 Å². The lowest BCUT2D eigenvalue weighted by atomic mass is 9.89. The monoisotopic (exact) mass is 416 g/mol. The lowest BCUT2D eigenvalue weighted by Crippen LogP contribution is -2.71. The fraction of sp³-hybridized carbons (Fsp3) is 0.667. The molecule has 1 heterocycles. The number of nitrogens with two attached hydrogens (primary N) is 1. The van der Waals surface area contributed by atoms with Gasteiger partial charge in [-0.05, 0) is 10.6 Å². The Balaban J connectivity index is 3.64. The second-order valence-electron chi connectivity index (χ2n) is 5.89. The van der Waals surface area contributed by atoms with E-state index in [1.165, 1.54) is 0 Å². The van der Waals surface area contributed by atoms with E-state index in [0.717, 1.165) is 27.7 Å². The molecule has 0 aliphatic carbocycles. The molecule has 160 valence electrons. The molecule has 0 radical (unpaired) electrons. The van der Waals surface area contributed by atoms with Gasteiger partial charge >= 0.3 is 23.9 Å². The molecule has 1 amide bonds. The number of primary amides is 1. The van der Waals surface area contributed by atoms with Gasteiger partial charge in [-0.3, -0.25) is 24.0 Å². The summed E-state index contributed by atoms with van der Waals surface area (Å²) in [7, 11) is 0. The van der Waals surface area contributed by atoms with Gasteiger partial charge in [0.1, 0.15) is 12.7 Å². The highest BCUT2D eigenvalue weighted by molar-refractivity contribution is 5.85. The number of ether oxygens (including phenoxy) is 5. The van der Waals surface area contributed by atoms with Crippen LogP contribution in [0.25, 0.3) is 10.4 Å². The van der Waals surface area contributed by atoms with Crippen molar-refractivity contribution in [3.8, 4) is 0 Å². The summed E-state index contributed by atoms with van der Waals surface area (Å²) < 4.78 is 25.5. The van der Waals surface area contributed by atoms with Crippen molar-refractivity contribution in [2.24, 2.45) is 10.8 Å². The Bertz CT molecular complexity index is 745. The van der Waals surface area contributed by atoms with Crippen LogP contribution in [0, 0.1) is 0 Å². The molecule has 1 fully saturated rings. The predicted octanol–water partition coefficient (Wildman–Crippen LogP) is -0.765. The lowest BCUT2D eigenvalue weighted by Gasteiger charge is -2.47. The quantitative estimate of drug-likeness (QED) is 0.180. The van der Waals surface area contributed by atoms with Crippen molar-refractivity contribution in [1.82, 2.24) is 0 Å². The van der Waals surface area contributed by atoms with Crippen molar-refractivity contribution >= 4 is 29.8 Å². The van der Waals surface area contributed by atoms with Gasteiger partial charge in [-0.15, -0.1) is 0 Å². The minimum Gasteiger partial charge on any atom is -0.463 e. The van der Waals surface area contributed by atoms with Crippen molar-refractivity contribution in [3.05, 3.63) is 10.4 Å². The third-order valence-corrected chi connectivity index (χ3v) is 3.60. The third kappa shape index (κ3) is 5.80. The van der Waals surface area contributed by atoms with Crippen LogP contribution in [0.5, 0.6) is 0 Å². The summed E-state index contributed by atoms with van der Waals surface area (Å²) in [5, 5.41) is 3.23. The first kappa shape index (κ1) is 23.7. The fourth-order valence-electron chi connectivity index (χ4n) is 2.68. The predicted molar refractivity (Wildman–Crippen MR) is 89.2 cm³/mol. The molecule has 4 unspecified atom stereocenters. The Hall–Kier alpha value is -3.38. The number of nitrogens with zero attached hydrogens (tertiary/aromatic N) is 3. The molecule has 0 aromatic heterocycles. The molecule has 0 spiro atoms. The van der Waals surface area contributed by atoms with Gasteiger partial charge in [0.15, 0.2) is 18.3 Å². The number of esters is 4. The van der Waals surface area contributed by atoms with E-state index in [4.69, 9.17) is 34.9 Å². The summed E-state index contributed by atoms with van der Waals surface area (Å²) in [6.07, 6.45) is -6.58. The summed E-state index contributed by atoms with van der Waals surface area (Å²) in [5.74, 6) is -4.91. The maximum Gasteiger partial charge on any atom is 0.303 e. The van der Waals surface area contributed by atoms with Gasteiger partial charge < -0.3 is 29.4 Å². The van der Waals surface area contributed by atoms with Crippen LogP contribution < -0.4 is 5.73 Å². The van der Waals surface area contributed by atoms with Crippen LogP contribution in [0.15, 0.2) is 5.11 Å². The Labute approximate surface area is 164 Å². The van der Waals surface area contributed by atoms with Crippen LogP contribution in [-0.4, -0.2) is 66.5 Å². The zero-order valence-corrected chi connectivity index (χ0v) is 16.0. The summed E-state index contributed by atoms with van der Waals surface area (Å²) in [6, 6.07) is 0. The molecular weight excluding hydrogens is 396 g/mol. The molecule has 0 aromatic carbocycles. The topological polar surface area (TPSA) is 206 Å². The molecule has 1 aliphatic heterocycles. The smallest absolute Gasteiger partial charge is 0.303 e. The van der Waals surface area contributed by atoms with Crippen molar-refractivity contribution in [3.63, 3.8) is 0 Å². The number of carbonyl (C=O) groups is 5. The fourth-order valence-corrected chi connectivity index (χ4v) is 2.68. The van der Waals surface area contributed by atoms with Gasteiger partial charge in [-0.1, -0.05) is 0 Å². The Kier molecular flexibility index (Phi) is 7.92. The maximum atomic E-state index is 12.2. The highest BCUT2D eigenvalue weighted by Gasteiger charge is 2.63. The molecule has 0 aromatic rings. The van der Waals surface area contributed by atoms with Crippen LogP contribution in [-0.2, 0) is 47.7 Å². The summed E-state index contributed by atoms with van der Waals surface area (Å²) in [6.45, 7) is 3.44. The van der Waals surface area contributed by atoms with E-state index in [-0.39, 0.29) is 0 Å². The number of rotatable bonds is 7. The normalized spacial score (nSPS) is 28.3. The average molecular weight is 416 g/mol. The Morgan fingerprint density at radius 1 is 0.966 bits per heavy atom. The summed E-state index contributed by atoms with van der Waals surface area (Å²) in [4.78, 5) is 60.7. The van der Waals surface area contributed by atoms with Gasteiger partial charge in [0, 0.05) is 32.6 Å². The average Bonchev–Trinajstić information content (AvgIpc) is 2.57. The standard InChI is InChI=1S/C15H20N4O10/c1-6(20)25-5-10-11(26-7(2)21)12(27-8(3)22)13(28-9(4)23)15(29-10,14(16)24)18-19-17/h10-13H,5H2,1-4H3,(H2,16,24)/t10?,11?,12?,13?,15-/m0/s1. The second kappa shape index (κ2) is 9.71. The van der Waals surface area contributed by atoms with E-state index in [2.05, 4.69) is 10.0 Å². The maximum absolute atomic E-state index is 12.2. The molecule has 14 nitrogen and oxygen atoms in total. The van der Waals surface area contributed by atoms with Crippen LogP contribution in [0.4, 0.5) is 0 Å². The largest absolute Gasteiger partial charge is 0.463 e. The van der Waals surface area contributed by atoms with Crippen molar-refractivity contribution < 1.29 is 47.7 Å². The molecule has 14 heteroatoms. The van der Waals surface area contributed by atoms with Gasteiger partial charge in [-0.25, -0.2) is 0 Å². The Morgan fingerprint density at radius 2 is 1.48 bits per heavy atom. The van der Waals surface area contributed by atoms with Gasteiger partial charge in [0.2, 0.25) is 0 Å². The first-order chi connectivity index (χ1) is 13.4. The van der Waals surface area contributed by atoms with Crippen molar-refractivity contribution in [1.29, 1.82) is 0 Å². The number of carbonyl (C=O) groups excluding carboxylic acids is 5. The van der Waals surface area contributed by atoms with E-state index in [0.29, 0.717) is 0 Å². The first-order valence-electron chi connectivity index (χ1n) is 8.13. The van der Waals surface area contributed by atoms with Crippen LogP contribution >= 0.6 is 0 Å². The highest BCUT2D eigenvalue weighted by atomic mass is 16.7. The summed E-state index contributed by atoms with van der Waals surface area (Å²) in [5.41, 5.74) is 11.6. The molecule has 1 rings (SSSR count). The zero-order chi connectivity index (χ0) is 22.4. The SMILES string of the molecule is CC(=O)OCC1O[C@](N=[N+]=[N-])(C(N)=O)C(OC(C)=O)C(OC(C)=O)C1OC(C)=O. The number of azide groups is 1. The molecule has 0 bridgehead atoms. The van der Waals surface area contributed by atoms with Crippen LogP contribution in [0.3, 0.4) is 0 Å². The minimum atomic E-state index is -2.69. The van der Waals surface area contributed by atoms with Gasteiger partial charge in [0.05, 0.1) is 0 Å². The second-order valence-corrected chi connectivity index (χ2v) is 5.89. The minimum absolute atomic E-state index is 0.603. The molecule has 29 heavy (non-hydrogen) atoms. The molecule has 5 atom stereocenters. The molecule has 2 N–H and O–H groups in total. The van der Waals surface area contributed by atoms with Crippen LogP contribution in [0.2, 0.25) is 0 Å². The zero-order valence-electron chi connectivity index (χ0n) is 16.0. The lowest BCUT2D eigenvalue weighted by molar-refractivity contribution is -0.276. The number of hydrogen-bond donors (Lipinski definition) is 1. The van der Waals surface area contributed by atoms with Crippen LogP contribution in [0.1, 0.15) is 27.7 Å². The summed E-state index contributed by atoms with van der Waals surface area (Å²) >= 11 is 0. The third-order valence-electron chi connectivity index (χ3n) is 3.60. The molecule has 0 saturated carbocycles. The van der Waals surface area contributed by atoms with E-state index in [1.54, 1.807) is 0 Å². The Morgan fingerprint density at radius 3 is 1.90 bits per heavy atom. The van der Waals surface area contributed by atoms with Crippen molar-refractivity contribution in [2.45, 2.75) is 57.8 Å². The highest BCUT2D eigenvalue weighted by Crippen LogP contribution is 2.37.